The van der Waals surface area contributed by atoms with Crippen LogP contribution in [0.5, 0.6) is 0 Å². The predicted octanol–water partition coefficient (Wildman–Crippen LogP) is 0.489. The number of benzene rings is 1. The summed E-state index contributed by atoms with van der Waals surface area (Å²) in [6.45, 7) is 1.04. The standard InChI is InChI=1S/C10H12N2O3.C2H4O2/c11-9(13)6-12-10(14)15-7-8-4-2-1-3-5-8;1-2(3)4/h1-5H,6-7H2,(H2,11,13)(H,12,14);1H3,(H,3,4). The quantitative estimate of drug-likeness (QED) is 0.734. The number of carbonyl (C=O) groups is 3. The van der Waals surface area contributed by atoms with Gasteiger partial charge in [0, 0.05) is 6.92 Å². The lowest BCUT2D eigenvalue weighted by atomic mass is 10.2. The van der Waals surface area contributed by atoms with Gasteiger partial charge in [0.2, 0.25) is 5.91 Å². The summed E-state index contributed by atoms with van der Waals surface area (Å²) in [7, 11) is 0. The molecule has 0 atom stereocenters. The zero-order chi connectivity index (χ0) is 14.7. The van der Waals surface area contributed by atoms with Crippen molar-refractivity contribution < 1.29 is 24.2 Å². The maximum atomic E-state index is 11.0. The molecule has 0 spiro atoms. The molecular formula is C12H16N2O5. The third kappa shape index (κ3) is 11.7. The molecule has 0 unspecified atom stereocenters. The highest BCUT2D eigenvalue weighted by atomic mass is 16.5. The molecule has 0 aromatic heterocycles. The van der Waals surface area contributed by atoms with E-state index in [4.69, 9.17) is 20.4 Å². The summed E-state index contributed by atoms with van der Waals surface area (Å²) in [6.07, 6.45) is -0.655. The van der Waals surface area contributed by atoms with Crippen molar-refractivity contribution in [2.24, 2.45) is 5.73 Å². The minimum Gasteiger partial charge on any atom is -0.481 e. The summed E-state index contributed by atoms with van der Waals surface area (Å²) in [5.41, 5.74) is 5.72. The lowest BCUT2D eigenvalue weighted by molar-refractivity contribution is -0.134. The molecule has 0 radical (unpaired) electrons. The summed E-state index contributed by atoms with van der Waals surface area (Å²) in [6, 6.07) is 9.24. The van der Waals surface area contributed by atoms with E-state index >= 15 is 0 Å². The Morgan fingerprint density at radius 1 is 1.26 bits per heavy atom. The number of aliphatic carboxylic acids is 1. The number of ether oxygens (including phenoxy) is 1. The van der Waals surface area contributed by atoms with Crippen LogP contribution in [0.1, 0.15) is 12.5 Å². The third-order valence-corrected chi connectivity index (χ3v) is 1.62. The molecule has 7 nitrogen and oxygen atoms in total. The van der Waals surface area contributed by atoms with E-state index in [0.717, 1.165) is 12.5 Å². The Labute approximate surface area is 110 Å². The molecular weight excluding hydrogens is 252 g/mol. The molecule has 0 saturated carbocycles. The number of hydrogen-bond acceptors (Lipinski definition) is 4. The molecule has 7 heteroatoms. The van der Waals surface area contributed by atoms with Crippen molar-refractivity contribution in [1.82, 2.24) is 5.32 Å². The Kier molecular flexibility index (Phi) is 8.18. The Morgan fingerprint density at radius 2 is 1.79 bits per heavy atom. The fourth-order valence-corrected chi connectivity index (χ4v) is 0.933. The van der Waals surface area contributed by atoms with Crippen LogP contribution in [0.15, 0.2) is 30.3 Å². The first-order chi connectivity index (χ1) is 8.91. The predicted molar refractivity (Wildman–Crippen MR) is 67.1 cm³/mol. The van der Waals surface area contributed by atoms with E-state index in [-0.39, 0.29) is 13.2 Å². The highest BCUT2D eigenvalue weighted by molar-refractivity contribution is 5.80. The normalized spacial score (nSPS) is 8.68. The van der Waals surface area contributed by atoms with Gasteiger partial charge in [-0.1, -0.05) is 30.3 Å². The summed E-state index contributed by atoms with van der Waals surface area (Å²) in [5.74, 6) is -1.44. The van der Waals surface area contributed by atoms with Crippen molar-refractivity contribution in [2.75, 3.05) is 6.54 Å². The number of nitrogens with two attached hydrogens (primary N) is 1. The molecule has 0 heterocycles. The van der Waals surface area contributed by atoms with E-state index in [1.54, 1.807) is 0 Å². The lowest BCUT2D eigenvalue weighted by Crippen LogP contribution is -2.33. The minimum atomic E-state index is -0.833. The molecule has 1 aromatic rings. The van der Waals surface area contributed by atoms with Gasteiger partial charge in [0.05, 0.1) is 6.54 Å². The van der Waals surface area contributed by atoms with Crippen molar-refractivity contribution in [3.05, 3.63) is 35.9 Å². The van der Waals surface area contributed by atoms with E-state index in [9.17, 15) is 9.59 Å². The molecule has 0 aliphatic rings. The number of carboxylic acids is 1. The highest BCUT2D eigenvalue weighted by Gasteiger charge is 2.03. The Hall–Kier alpha value is -2.57. The van der Waals surface area contributed by atoms with Gasteiger partial charge >= 0.3 is 6.09 Å². The Bertz CT molecular complexity index is 415. The van der Waals surface area contributed by atoms with Gasteiger partial charge in [0.1, 0.15) is 6.61 Å². The maximum absolute atomic E-state index is 11.0. The molecule has 104 valence electrons. The first-order valence-electron chi connectivity index (χ1n) is 5.34. The monoisotopic (exact) mass is 268 g/mol. The van der Waals surface area contributed by atoms with Crippen LogP contribution in [0.2, 0.25) is 0 Å². The van der Waals surface area contributed by atoms with Gasteiger partial charge in [-0.2, -0.15) is 0 Å². The summed E-state index contributed by atoms with van der Waals surface area (Å²) >= 11 is 0. The van der Waals surface area contributed by atoms with Crippen LogP contribution in [0.3, 0.4) is 0 Å². The van der Waals surface area contributed by atoms with E-state index in [1.807, 2.05) is 30.3 Å². The fourth-order valence-electron chi connectivity index (χ4n) is 0.933. The molecule has 0 aliphatic carbocycles. The van der Waals surface area contributed by atoms with Crippen molar-refractivity contribution in [1.29, 1.82) is 0 Å². The topological polar surface area (TPSA) is 119 Å². The second kappa shape index (κ2) is 9.46. The van der Waals surface area contributed by atoms with Crippen molar-refractivity contribution in [3.8, 4) is 0 Å². The average molecular weight is 268 g/mol. The molecule has 4 N–H and O–H groups in total. The second-order valence-corrected chi connectivity index (χ2v) is 3.40. The lowest BCUT2D eigenvalue weighted by Gasteiger charge is -2.05. The van der Waals surface area contributed by atoms with Crippen LogP contribution >= 0.6 is 0 Å². The van der Waals surface area contributed by atoms with Crippen molar-refractivity contribution in [2.45, 2.75) is 13.5 Å². The second-order valence-electron chi connectivity index (χ2n) is 3.40. The first kappa shape index (κ1) is 16.4. The summed E-state index contributed by atoms with van der Waals surface area (Å²) in [4.78, 5) is 30.3. The SMILES string of the molecule is CC(=O)O.NC(=O)CNC(=O)OCc1ccccc1. The maximum Gasteiger partial charge on any atom is 0.407 e. The molecule has 1 aromatic carbocycles. The number of primary amides is 1. The molecule has 0 aliphatic heterocycles. The zero-order valence-electron chi connectivity index (χ0n) is 10.5. The third-order valence-electron chi connectivity index (χ3n) is 1.62. The number of nitrogens with one attached hydrogen (secondary N) is 1. The molecule has 0 saturated heterocycles. The molecule has 1 rings (SSSR count). The minimum absolute atomic E-state index is 0.172. The van der Waals surface area contributed by atoms with Gasteiger partial charge in [-0.3, -0.25) is 9.59 Å². The van der Waals surface area contributed by atoms with Crippen LogP contribution in [-0.2, 0) is 20.9 Å². The average Bonchev–Trinajstić information content (AvgIpc) is 2.34. The Morgan fingerprint density at radius 3 is 2.26 bits per heavy atom. The molecule has 0 fully saturated rings. The fraction of sp³-hybridized carbons (Fsp3) is 0.250. The van der Waals surface area contributed by atoms with Crippen molar-refractivity contribution in [3.63, 3.8) is 0 Å². The van der Waals surface area contributed by atoms with E-state index in [1.165, 1.54) is 0 Å². The van der Waals surface area contributed by atoms with E-state index < -0.39 is 18.0 Å². The first-order valence-corrected chi connectivity index (χ1v) is 5.34. The van der Waals surface area contributed by atoms with Crippen LogP contribution in [0.25, 0.3) is 0 Å². The molecule has 19 heavy (non-hydrogen) atoms. The Balaban J connectivity index is 0.000000711. The van der Waals surface area contributed by atoms with E-state index in [2.05, 4.69) is 5.32 Å². The van der Waals surface area contributed by atoms with Crippen LogP contribution < -0.4 is 11.1 Å². The number of hydrogen-bond donors (Lipinski definition) is 3. The van der Waals surface area contributed by atoms with Gasteiger partial charge in [0.15, 0.2) is 0 Å². The largest absolute Gasteiger partial charge is 0.481 e. The number of carboxylic acid groups (broad SMARTS) is 1. The summed E-state index contributed by atoms with van der Waals surface area (Å²) < 4.78 is 4.82. The van der Waals surface area contributed by atoms with Crippen LogP contribution in [-0.4, -0.2) is 29.6 Å². The van der Waals surface area contributed by atoms with E-state index in [0.29, 0.717) is 0 Å². The smallest absolute Gasteiger partial charge is 0.407 e. The zero-order valence-corrected chi connectivity index (χ0v) is 10.5. The number of amides is 2. The molecule has 0 bridgehead atoms. The van der Waals surface area contributed by atoms with Crippen LogP contribution in [0.4, 0.5) is 4.79 Å². The number of carbonyl (C=O) groups excluding carboxylic acids is 2. The number of rotatable bonds is 4. The van der Waals surface area contributed by atoms with Gasteiger partial charge in [-0.15, -0.1) is 0 Å². The van der Waals surface area contributed by atoms with Crippen LogP contribution in [0, 0.1) is 0 Å². The molecule has 2 amide bonds. The van der Waals surface area contributed by atoms with Gasteiger partial charge < -0.3 is 20.9 Å². The highest BCUT2D eigenvalue weighted by Crippen LogP contribution is 2.00. The van der Waals surface area contributed by atoms with Gasteiger partial charge in [-0.05, 0) is 5.56 Å². The summed E-state index contributed by atoms with van der Waals surface area (Å²) in [5, 5.41) is 9.63. The van der Waals surface area contributed by atoms with Gasteiger partial charge in [0.25, 0.3) is 5.97 Å². The number of alkyl carbamates (subject to hydrolysis) is 1. The van der Waals surface area contributed by atoms with Gasteiger partial charge in [-0.25, -0.2) is 4.79 Å². The van der Waals surface area contributed by atoms with Crippen molar-refractivity contribution >= 4 is 18.0 Å².